The molecule has 0 bridgehead atoms. The normalized spacial score (nSPS) is 19.1. The molecule has 0 unspecified atom stereocenters. The molecule has 0 aromatic carbocycles. The lowest BCUT2D eigenvalue weighted by molar-refractivity contribution is -0.108. The number of nitrogens with one attached hydrogen (secondary N) is 1. The Kier molecular flexibility index (Phi) is 4.39. The van der Waals surface area contributed by atoms with Gasteiger partial charge in [-0.25, -0.2) is 4.79 Å². The smallest absolute Gasteiger partial charge is 0.404 e. The fourth-order valence-corrected chi connectivity index (χ4v) is 1.71. The zero-order valence-corrected chi connectivity index (χ0v) is 8.11. The first kappa shape index (κ1) is 11.0. The van der Waals surface area contributed by atoms with Gasteiger partial charge < -0.3 is 20.1 Å². The molecular weight excluding hydrogens is 184 g/mol. The molecule has 0 saturated carbocycles. The van der Waals surface area contributed by atoms with Gasteiger partial charge in [0.1, 0.15) is 6.29 Å². The van der Waals surface area contributed by atoms with E-state index >= 15 is 0 Å². The van der Waals surface area contributed by atoms with Crippen LogP contribution in [0.15, 0.2) is 0 Å². The van der Waals surface area contributed by atoms with Crippen molar-refractivity contribution in [2.24, 2.45) is 0 Å². The Morgan fingerprint density at radius 3 is 2.64 bits per heavy atom. The van der Waals surface area contributed by atoms with E-state index in [2.05, 4.69) is 10.2 Å². The lowest BCUT2D eigenvalue weighted by Gasteiger charge is -2.31. The third kappa shape index (κ3) is 3.74. The van der Waals surface area contributed by atoms with E-state index in [9.17, 15) is 9.59 Å². The number of amides is 1. The van der Waals surface area contributed by atoms with Gasteiger partial charge in [0.15, 0.2) is 0 Å². The Labute approximate surface area is 83.1 Å². The topological polar surface area (TPSA) is 69.6 Å². The Bertz CT molecular complexity index is 200. The van der Waals surface area contributed by atoms with Crippen molar-refractivity contribution < 1.29 is 14.7 Å². The number of carboxylic acid groups (broad SMARTS) is 1. The van der Waals surface area contributed by atoms with E-state index in [-0.39, 0.29) is 6.04 Å². The molecule has 1 amide bonds. The maximum atomic E-state index is 10.4. The number of hydrogen-bond donors (Lipinski definition) is 2. The van der Waals surface area contributed by atoms with Crippen LogP contribution in [0, 0.1) is 0 Å². The maximum absolute atomic E-state index is 10.4. The van der Waals surface area contributed by atoms with Gasteiger partial charge in [-0.3, -0.25) is 0 Å². The SMILES string of the molecule is O=CCCN1CCC(NC(=O)O)CC1. The fraction of sp³-hybridized carbons (Fsp3) is 0.778. The van der Waals surface area contributed by atoms with Gasteiger partial charge in [0.05, 0.1) is 0 Å². The molecule has 1 aliphatic heterocycles. The summed E-state index contributed by atoms with van der Waals surface area (Å²) in [6.07, 6.45) is 2.21. The van der Waals surface area contributed by atoms with Crippen LogP contribution < -0.4 is 5.32 Å². The largest absolute Gasteiger partial charge is 0.465 e. The van der Waals surface area contributed by atoms with Crippen LogP contribution in [0.5, 0.6) is 0 Å². The summed E-state index contributed by atoms with van der Waals surface area (Å²) in [6, 6.07) is 0.0833. The minimum atomic E-state index is -0.948. The van der Waals surface area contributed by atoms with Gasteiger partial charge in [0.25, 0.3) is 0 Å². The molecular formula is C9H16N2O3. The first-order chi connectivity index (χ1) is 6.72. The molecule has 0 aromatic rings. The molecule has 0 atom stereocenters. The van der Waals surface area contributed by atoms with E-state index in [0.29, 0.717) is 6.42 Å². The minimum Gasteiger partial charge on any atom is -0.465 e. The molecule has 0 aromatic heterocycles. The van der Waals surface area contributed by atoms with Crippen molar-refractivity contribution in [2.45, 2.75) is 25.3 Å². The van der Waals surface area contributed by atoms with Crippen molar-refractivity contribution in [1.82, 2.24) is 10.2 Å². The lowest BCUT2D eigenvalue weighted by atomic mass is 10.1. The quantitative estimate of drug-likeness (QED) is 0.641. The van der Waals surface area contributed by atoms with Gasteiger partial charge in [0.2, 0.25) is 0 Å². The predicted octanol–water partition coefficient (Wildman–Crippen LogP) is 0.307. The molecule has 5 nitrogen and oxygen atoms in total. The van der Waals surface area contributed by atoms with Crippen molar-refractivity contribution >= 4 is 12.4 Å². The summed E-state index contributed by atoms with van der Waals surface area (Å²) in [6.45, 7) is 2.54. The standard InChI is InChI=1S/C9H16N2O3/c12-7-1-4-11-5-2-8(3-6-11)10-9(13)14/h7-8,10H,1-6H2,(H,13,14). The summed E-state index contributed by atoms with van der Waals surface area (Å²) in [7, 11) is 0. The molecule has 80 valence electrons. The second-order valence-electron chi connectivity index (χ2n) is 3.52. The Hall–Kier alpha value is -1.10. The molecule has 0 spiro atoms. The van der Waals surface area contributed by atoms with Gasteiger partial charge in [-0.15, -0.1) is 0 Å². The van der Waals surface area contributed by atoms with E-state index in [1.165, 1.54) is 0 Å². The van der Waals surface area contributed by atoms with Crippen LogP contribution in [-0.4, -0.2) is 48.1 Å². The number of hydrogen-bond acceptors (Lipinski definition) is 3. The number of carbonyl (C=O) groups is 2. The highest BCUT2D eigenvalue weighted by molar-refractivity contribution is 5.64. The van der Waals surface area contributed by atoms with Gasteiger partial charge >= 0.3 is 6.09 Å². The number of carbonyl (C=O) groups excluding carboxylic acids is 1. The molecule has 0 aliphatic carbocycles. The summed E-state index contributed by atoms with van der Waals surface area (Å²) >= 11 is 0. The number of aldehydes is 1. The zero-order valence-electron chi connectivity index (χ0n) is 8.11. The molecule has 1 heterocycles. The average molecular weight is 200 g/mol. The molecule has 2 N–H and O–H groups in total. The van der Waals surface area contributed by atoms with Gasteiger partial charge in [-0.1, -0.05) is 0 Å². The van der Waals surface area contributed by atoms with E-state index in [1.54, 1.807) is 0 Å². The Morgan fingerprint density at radius 1 is 1.50 bits per heavy atom. The average Bonchev–Trinajstić information content (AvgIpc) is 2.16. The Morgan fingerprint density at radius 2 is 2.14 bits per heavy atom. The van der Waals surface area contributed by atoms with E-state index < -0.39 is 6.09 Å². The molecule has 0 radical (unpaired) electrons. The van der Waals surface area contributed by atoms with Crippen LogP contribution in [0.25, 0.3) is 0 Å². The van der Waals surface area contributed by atoms with Crippen molar-refractivity contribution in [3.05, 3.63) is 0 Å². The van der Waals surface area contributed by atoms with Gasteiger partial charge in [-0.2, -0.15) is 0 Å². The lowest BCUT2D eigenvalue weighted by Crippen LogP contribution is -2.44. The summed E-state index contributed by atoms with van der Waals surface area (Å²) in [5.74, 6) is 0. The van der Waals surface area contributed by atoms with E-state index in [0.717, 1.165) is 38.8 Å². The van der Waals surface area contributed by atoms with Crippen LogP contribution in [0.2, 0.25) is 0 Å². The Balaban J connectivity index is 2.17. The second kappa shape index (κ2) is 5.59. The molecule has 1 rings (SSSR count). The van der Waals surface area contributed by atoms with Crippen LogP contribution in [0.4, 0.5) is 4.79 Å². The van der Waals surface area contributed by atoms with Crippen molar-refractivity contribution in [3.63, 3.8) is 0 Å². The molecule has 14 heavy (non-hydrogen) atoms. The molecule has 1 fully saturated rings. The highest BCUT2D eigenvalue weighted by Gasteiger charge is 2.19. The number of likely N-dealkylation sites (tertiary alicyclic amines) is 1. The van der Waals surface area contributed by atoms with Crippen LogP contribution in [-0.2, 0) is 4.79 Å². The van der Waals surface area contributed by atoms with Crippen molar-refractivity contribution in [1.29, 1.82) is 0 Å². The second-order valence-corrected chi connectivity index (χ2v) is 3.52. The molecule has 1 aliphatic rings. The maximum Gasteiger partial charge on any atom is 0.404 e. The zero-order chi connectivity index (χ0) is 10.4. The highest BCUT2D eigenvalue weighted by Crippen LogP contribution is 2.09. The monoisotopic (exact) mass is 200 g/mol. The first-order valence-electron chi connectivity index (χ1n) is 4.88. The van der Waals surface area contributed by atoms with Gasteiger partial charge in [0, 0.05) is 32.1 Å². The summed E-state index contributed by atoms with van der Waals surface area (Å²) in [4.78, 5) is 22.7. The minimum absolute atomic E-state index is 0.0833. The third-order valence-electron chi connectivity index (χ3n) is 2.48. The van der Waals surface area contributed by atoms with Gasteiger partial charge in [-0.05, 0) is 12.8 Å². The van der Waals surface area contributed by atoms with E-state index in [4.69, 9.17) is 5.11 Å². The number of piperidine rings is 1. The molecule has 1 saturated heterocycles. The molecule has 5 heteroatoms. The summed E-state index contributed by atoms with van der Waals surface area (Å²) in [5.41, 5.74) is 0. The number of rotatable bonds is 4. The van der Waals surface area contributed by atoms with Crippen molar-refractivity contribution in [3.8, 4) is 0 Å². The highest BCUT2D eigenvalue weighted by atomic mass is 16.4. The fourth-order valence-electron chi connectivity index (χ4n) is 1.71. The summed E-state index contributed by atoms with van der Waals surface area (Å²) in [5, 5.41) is 11.0. The van der Waals surface area contributed by atoms with Crippen LogP contribution in [0.3, 0.4) is 0 Å². The third-order valence-corrected chi connectivity index (χ3v) is 2.48. The van der Waals surface area contributed by atoms with E-state index in [1.807, 2.05) is 0 Å². The summed E-state index contributed by atoms with van der Waals surface area (Å²) < 4.78 is 0. The first-order valence-corrected chi connectivity index (χ1v) is 4.88. The predicted molar refractivity (Wildman–Crippen MR) is 51.3 cm³/mol. The van der Waals surface area contributed by atoms with Crippen LogP contribution in [0.1, 0.15) is 19.3 Å². The number of nitrogens with zero attached hydrogens (tertiary/aromatic N) is 1. The van der Waals surface area contributed by atoms with Crippen LogP contribution >= 0.6 is 0 Å². The van der Waals surface area contributed by atoms with Crippen molar-refractivity contribution in [2.75, 3.05) is 19.6 Å².